The average molecular weight is 1240 g/mol. The monoisotopic (exact) mass is 1240 g/mol. The van der Waals surface area contributed by atoms with Gasteiger partial charge in [0.25, 0.3) is 0 Å². The number of hydrogen-bond acceptors (Lipinski definition) is 15. The summed E-state index contributed by atoms with van der Waals surface area (Å²) in [7, 11) is -9.89. The quantitative estimate of drug-likeness (QED) is 0.0222. The summed E-state index contributed by atoms with van der Waals surface area (Å²) >= 11 is 0. The van der Waals surface area contributed by atoms with Crippen molar-refractivity contribution in [3.05, 3.63) is 0 Å². The lowest BCUT2D eigenvalue weighted by atomic mass is 9.99. The van der Waals surface area contributed by atoms with Gasteiger partial charge in [0.05, 0.1) is 26.4 Å². The van der Waals surface area contributed by atoms with Crippen LogP contribution in [-0.2, 0) is 65.4 Å². The molecular formula is C65H126O17P2. The number of carbonyl (C=O) groups excluding carboxylic acids is 4. The van der Waals surface area contributed by atoms with Crippen LogP contribution in [0.1, 0.15) is 312 Å². The molecule has 19 heteroatoms. The number of hydrogen-bond donors (Lipinski definition) is 3. The Morgan fingerprint density at radius 2 is 0.571 bits per heavy atom. The second-order valence-electron chi connectivity index (χ2n) is 25.2. The van der Waals surface area contributed by atoms with E-state index in [9.17, 15) is 43.2 Å². The summed E-state index contributed by atoms with van der Waals surface area (Å²) in [5, 5.41) is 10.5. The maximum atomic E-state index is 13.0. The van der Waals surface area contributed by atoms with Crippen molar-refractivity contribution in [1.29, 1.82) is 0 Å². The van der Waals surface area contributed by atoms with Crippen LogP contribution in [0.25, 0.3) is 0 Å². The molecule has 0 aliphatic rings. The smallest absolute Gasteiger partial charge is 0.462 e. The van der Waals surface area contributed by atoms with E-state index in [1.165, 1.54) is 103 Å². The molecule has 17 nitrogen and oxygen atoms in total. The van der Waals surface area contributed by atoms with Crippen LogP contribution in [0.5, 0.6) is 0 Å². The van der Waals surface area contributed by atoms with Crippen molar-refractivity contribution in [2.24, 2.45) is 23.7 Å². The van der Waals surface area contributed by atoms with Crippen LogP contribution in [0, 0.1) is 23.7 Å². The first-order valence-corrected chi connectivity index (χ1v) is 36.7. The highest BCUT2D eigenvalue weighted by Gasteiger charge is 2.30. The maximum Gasteiger partial charge on any atom is 0.472 e. The second-order valence-corrected chi connectivity index (χ2v) is 28.1. The standard InChI is InChI=1S/C65H126O17P2/c1-9-58(8)44-36-28-19-12-10-11-13-20-31-39-47-64(69)81-61(52-76-63(68)46-38-30-24-23-27-35-43-57(6)7)54-80-84(73,74)78-50-59(66)49-77-83(71,72)79-53-60(51-75-62(67)45-37-29-22-16-18-26-34-42-56(4)5)82-65(70)48-40-32-21-15-14-17-25-33-41-55(2)3/h55-61,66H,9-54H2,1-8H3,(H,71,72)(H,73,74)/t58?,59-,60-,61-/m1/s1. The number of unbranched alkanes of at least 4 members (excludes halogenated alkanes) is 27. The Kier molecular flexibility index (Phi) is 53.9. The van der Waals surface area contributed by atoms with Gasteiger partial charge in [-0.25, -0.2) is 9.13 Å². The number of aliphatic hydroxyl groups is 1. The number of phosphoric ester groups is 2. The fourth-order valence-electron chi connectivity index (χ4n) is 9.57. The summed E-state index contributed by atoms with van der Waals surface area (Å²) in [5.74, 6) is 0.765. The molecule has 6 atom stereocenters. The Hall–Kier alpha value is -1.94. The molecule has 0 bridgehead atoms. The molecule has 84 heavy (non-hydrogen) atoms. The van der Waals surface area contributed by atoms with E-state index >= 15 is 0 Å². The Morgan fingerprint density at radius 3 is 0.845 bits per heavy atom. The molecule has 498 valence electrons. The third-order valence-corrected chi connectivity index (χ3v) is 17.1. The molecule has 0 aromatic rings. The van der Waals surface area contributed by atoms with Gasteiger partial charge in [-0.15, -0.1) is 0 Å². The van der Waals surface area contributed by atoms with Gasteiger partial charge in [-0.1, -0.05) is 261 Å². The third kappa shape index (κ3) is 57.8. The van der Waals surface area contributed by atoms with Crippen LogP contribution < -0.4 is 0 Å². The van der Waals surface area contributed by atoms with Gasteiger partial charge in [0, 0.05) is 25.7 Å². The van der Waals surface area contributed by atoms with Gasteiger partial charge in [-0.05, 0) is 49.4 Å². The highest BCUT2D eigenvalue weighted by Crippen LogP contribution is 2.45. The molecular weight excluding hydrogens is 1110 g/mol. The van der Waals surface area contributed by atoms with Gasteiger partial charge in [-0.3, -0.25) is 37.3 Å². The van der Waals surface area contributed by atoms with E-state index < -0.39 is 97.5 Å². The van der Waals surface area contributed by atoms with Crippen molar-refractivity contribution in [3.63, 3.8) is 0 Å². The maximum absolute atomic E-state index is 13.0. The molecule has 3 N–H and O–H groups in total. The van der Waals surface area contributed by atoms with Gasteiger partial charge in [0.2, 0.25) is 0 Å². The van der Waals surface area contributed by atoms with E-state index in [1.807, 2.05) is 0 Å². The Labute approximate surface area is 511 Å². The molecule has 0 amide bonds. The van der Waals surface area contributed by atoms with E-state index in [0.29, 0.717) is 37.5 Å². The summed E-state index contributed by atoms with van der Waals surface area (Å²) in [6, 6.07) is 0. The van der Waals surface area contributed by atoms with E-state index in [-0.39, 0.29) is 25.7 Å². The normalized spacial score (nSPS) is 14.7. The lowest BCUT2D eigenvalue weighted by molar-refractivity contribution is -0.161. The zero-order chi connectivity index (χ0) is 62.5. The van der Waals surface area contributed by atoms with Gasteiger partial charge < -0.3 is 33.8 Å². The average Bonchev–Trinajstić information content (AvgIpc) is 3.44. The van der Waals surface area contributed by atoms with Crippen LogP contribution in [0.15, 0.2) is 0 Å². The second kappa shape index (κ2) is 55.2. The minimum absolute atomic E-state index is 0.103. The number of aliphatic hydroxyl groups excluding tert-OH is 1. The van der Waals surface area contributed by atoms with Crippen molar-refractivity contribution >= 4 is 39.5 Å². The summed E-state index contributed by atoms with van der Waals surface area (Å²) in [6.45, 7) is 13.9. The summed E-state index contributed by atoms with van der Waals surface area (Å²) in [6.07, 6.45) is 35.0. The SMILES string of the molecule is CCC(C)CCCCCCCCCCCCC(=O)O[C@H](COC(=O)CCCCCCCCC(C)C)COP(=O)(O)OC[C@H](O)COP(=O)(O)OC[C@@H](COC(=O)CCCCCCCCCC(C)C)OC(=O)CCCCCCCCCCC(C)C. The summed E-state index contributed by atoms with van der Waals surface area (Å²) in [5.41, 5.74) is 0. The molecule has 0 heterocycles. The van der Waals surface area contributed by atoms with Crippen molar-refractivity contribution < 1.29 is 80.2 Å². The molecule has 0 saturated heterocycles. The van der Waals surface area contributed by atoms with E-state index in [0.717, 1.165) is 115 Å². The third-order valence-electron chi connectivity index (χ3n) is 15.2. The first-order chi connectivity index (χ1) is 40.1. The van der Waals surface area contributed by atoms with Gasteiger partial charge in [0.1, 0.15) is 19.3 Å². The van der Waals surface area contributed by atoms with Crippen LogP contribution in [0.3, 0.4) is 0 Å². The highest BCUT2D eigenvalue weighted by molar-refractivity contribution is 7.47. The van der Waals surface area contributed by atoms with Crippen LogP contribution in [0.2, 0.25) is 0 Å². The Bertz CT molecular complexity index is 1680. The molecule has 0 aliphatic carbocycles. The van der Waals surface area contributed by atoms with Gasteiger partial charge in [0.15, 0.2) is 12.2 Å². The zero-order valence-electron chi connectivity index (χ0n) is 54.5. The van der Waals surface area contributed by atoms with Crippen molar-refractivity contribution in [1.82, 2.24) is 0 Å². The molecule has 0 aliphatic heterocycles. The molecule has 0 radical (unpaired) electrons. The van der Waals surface area contributed by atoms with Crippen LogP contribution in [0.4, 0.5) is 0 Å². The van der Waals surface area contributed by atoms with Crippen LogP contribution in [-0.4, -0.2) is 96.7 Å². The highest BCUT2D eigenvalue weighted by atomic mass is 31.2. The number of phosphoric acid groups is 2. The predicted octanol–water partition coefficient (Wildman–Crippen LogP) is 17.8. The lowest BCUT2D eigenvalue weighted by Crippen LogP contribution is -2.30. The minimum atomic E-state index is -4.95. The fourth-order valence-corrected chi connectivity index (χ4v) is 11.2. The molecule has 0 spiro atoms. The van der Waals surface area contributed by atoms with Gasteiger partial charge >= 0.3 is 39.5 Å². The zero-order valence-corrected chi connectivity index (χ0v) is 56.3. The Morgan fingerprint density at radius 1 is 0.333 bits per heavy atom. The first-order valence-electron chi connectivity index (χ1n) is 33.7. The van der Waals surface area contributed by atoms with Crippen molar-refractivity contribution in [2.45, 2.75) is 331 Å². The summed E-state index contributed by atoms with van der Waals surface area (Å²) in [4.78, 5) is 72.2. The van der Waals surface area contributed by atoms with Gasteiger partial charge in [-0.2, -0.15) is 0 Å². The van der Waals surface area contributed by atoms with Crippen molar-refractivity contribution in [2.75, 3.05) is 39.6 Å². The molecule has 0 aromatic carbocycles. The first kappa shape index (κ1) is 82.1. The fraction of sp³-hybridized carbons (Fsp3) is 0.938. The number of rotatable bonds is 62. The van der Waals surface area contributed by atoms with E-state index in [1.54, 1.807) is 0 Å². The number of esters is 4. The van der Waals surface area contributed by atoms with Crippen molar-refractivity contribution in [3.8, 4) is 0 Å². The summed E-state index contributed by atoms with van der Waals surface area (Å²) < 4.78 is 68.0. The molecule has 0 rings (SSSR count). The molecule has 0 saturated carbocycles. The minimum Gasteiger partial charge on any atom is -0.462 e. The number of carbonyl (C=O) groups is 4. The molecule has 0 aromatic heterocycles. The largest absolute Gasteiger partial charge is 0.472 e. The van der Waals surface area contributed by atoms with Crippen LogP contribution >= 0.6 is 15.6 Å². The topological polar surface area (TPSA) is 237 Å². The predicted molar refractivity (Wildman–Crippen MR) is 335 cm³/mol. The molecule has 0 fully saturated rings. The van der Waals surface area contributed by atoms with E-state index in [4.69, 9.17) is 37.0 Å². The lowest BCUT2D eigenvalue weighted by Gasteiger charge is -2.21. The Balaban J connectivity index is 5.25. The molecule has 3 unspecified atom stereocenters. The van der Waals surface area contributed by atoms with E-state index in [2.05, 4.69) is 55.4 Å². The number of ether oxygens (including phenoxy) is 4.